The summed E-state index contributed by atoms with van der Waals surface area (Å²) in [6.07, 6.45) is 1.52. The van der Waals surface area contributed by atoms with Crippen LogP contribution in [0.3, 0.4) is 0 Å². The van der Waals surface area contributed by atoms with Crippen molar-refractivity contribution in [2.75, 3.05) is 6.79 Å². The Morgan fingerprint density at radius 1 is 0.935 bits per heavy atom. The van der Waals surface area contributed by atoms with Gasteiger partial charge in [-0.3, -0.25) is 0 Å². The number of benzene rings is 3. The molecular weight excluding hydrogens is 398 g/mol. The van der Waals surface area contributed by atoms with E-state index in [1.54, 1.807) is 66.7 Å². The SMILES string of the molecule is O=C1OC(c2ccc3c(c2)OCO3)=N/C1=C/c1ccccc1OC(=O)c1ccccc1. The fourth-order valence-corrected chi connectivity index (χ4v) is 3.14. The third kappa shape index (κ3) is 3.76. The van der Waals surface area contributed by atoms with Gasteiger partial charge in [-0.25, -0.2) is 14.6 Å². The highest BCUT2D eigenvalue weighted by Gasteiger charge is 2.26. The standard InChI is InChI=1S/C24H15NO6/c26-23(15-6-2-1-3-7-15)30-19-9-5-4-8-16(19)12-18-24(27)31-22(25-18)17-10-11-20-21(13-17)29-14-28-20/h1-13H,14H2/b18-12+. The van der Waals surface area contributed by atoms with Gasteiger partial charge in [0.1, 0.15) is 5.75 Å². The third-order valence-corrected chi connectivity index (χ3v) is 4.66. The third-order valence-electron chi connectivity index (χ3n) is 4.66. The molecule has 0 amide bonds. The molecule has 0 spiro atoms. The Hall–Kier alpha value is -4.39. The summed E-state index contributed by atoms with van der Waals surface area (Å²) in [7, 11) is 0. The minimum atomic E-state index is -0.600. The van der Waals surface area contributed by atoms with Gasteiger partial charge in [0, 0.05) is 11.1 Å². The normalized spacial score (nSPS) is 15.5. The van der Waals surface area contributed by atoms with Gasteiger partial charge in [0.15, 0.2) is 17.2 Å². The molecule has 0 saturated carbocycles. The van der Waals surface area contributed by atoms with Crippen molar-refractivity contribution in [3.8, 4) is 17.2 Å². The van der Waals surface area contributed by atoms with E-state index in [-0.39, 0.29) is 18.4 Å². The molecule has 0 bridgehead atoms. The monoisotopic (exact) mass is 413 g/mol. The van der Waals surface area contributed by atoms with Crippen molar-refractivity contribution in [1.29, 1.82) is 0 Å². The fraction of sp³-hybridized carbons (Fsp3) is 0.0417. The molecule has 2 heterocycles. The largest absolute Gasteiger partial charge is 0.454 e. The summed E-state index contributed by atoms with van der Waals surface area (Å²) in [4.78, 5) is 29.1. The van der Waals surface area contributed by atoms with Gasteiger partial charge < -0.3 is 18.9 Å². The first-order valence-corrected chi connectivity index (χ1v) is 9.46. The van der Waals surface area contributed by atoms with Crippen molar-refractivity contribution >= 4 is 23.9 Å². The van der Waals surface area contributed by atoms with Gasteiger partial charge in [0.25, 0.3) is 0 Å². The Morgan fingerprint density at radius 3 is 2.58 bits per heavy atom. The summed E-state index contributed by atoms with van der Waals surface area (Å²) >= 11 is 0. The first-order valence-electron chi connectivity index (χ1n) is 9.46. The molecule has 3 aromatic carbocycles. The lowest BCUT2D eigenvalue weighted by Crippen LogP contribution is -2.09. The minimum absolute atomic E-state index is 0.0934. The van der Waals surface area contributed by atoms with E-state index >= 15 is 0 Å². The maximum atomic E-state index is 12.4. The lowest BCUT2D eigenvalue weighted by atomic mass is 10.1. The van der Waals surface area contributed by atoms with Crippen LogP contribution in [0.4, 0.5) is 0 Å². The van der Waals surface area contributed by atoms with Crippen LogP contribution >= 0.6 is 0 Å². The highest BCUT2D eigenvalue weighted by atomic mass is 16.7. The van der Waals surface area contributed by atoms with Crippen molar-refractivity contribution < 1.29 is 28.5 Å². The summed E-state index contributed by atoms with van der Waals surface area (Å²) in [6, 6.07) is 20.7. The van der Waals surface area contributed by atoms with Gasteiger partial charge in [-0.1, -0.05) is 36.4 Å². The van der Waals surface area contributed by atoms with Gasteiger partial charge >= 0.3 is 11.9 Å². The quantitative estimate of drug-likeness (QED) is 0.366. The van der Waals surface area contributed by atoms with E-state index in [2.05, 4.69) is 4.99 Å². The van der Waals surface area contributed by atoms with E-state index in [0.717, 1.165) is 0 Å². The number of esters is 2. The van der Waals surface area contributed by atoms with E-state index < -0.39 is 11.9 Å². The zero-order chi connectivity index (χ0) is 21.2. The van der Waals surface area contributed by atoms with E-state index in [9.17, 15) is 9.59 Å². The highest BCUT2D eigenvalue weighted by Crippen LogP contribution is 2.34. The van der Waals surface area contributed by atoms with Gasteiger partial charge in [0.2, 0.25) is 12.7 Å². The Morgan fingerprint density at radius 2 is 1.71 bits per heavy atom. The topological polar surface area (TPSA) is 83.4 Å². The van der Waals surface area contributed by atoms with Crippen molar-refractivity contribution in [3.63, 3.8) is 0 Å². The van der Waals surface area contributed by atoms with E-state index in [1.165, 1.54) is 6.08 Å². The summed E-state index contributed by atoms with van der Waals surface area (Å²) in [5.74, 6) is 0.559. The van der Waals surface area contributed by atoms with Crippen LogP contribution in [0.15, 0.2) is 83.5 Å². The lowest BCUT2D eigenvalue weighted by Gasteiger charge is -2.07. The number of rotatable bonds is 4. The second-order valence-electron chi connectivity index (χ2n) is 6.70. The molecule has 0 atom stereocenters. The van der Waals surface area contributed by atoms with Crippen molar-refractivity contribution in [2.45, 2.75) is 0 Å². The van der Waals surface area contributed by atoms with Crippen LogP contribution in [0, 0.1) is 0 Å². The van der Waals surface area contributed by atoms with Crippen molar-refractivity contribution in [1.82, 2.24) is 0 Å². The van der Waals surface area contributed by atoms with E-state index in [1.807, 2.05) is 6.07 Å². The number of cyclic esters (lactones) is 1. The number of carbonyl (C=O) groups is 2. The average molecular weight is 413 g/mol. The molecular formula is C24H15NO6. The lowest BCUT2D eigenvalue weighted by molar-refractivity contribution is -0.129. The molecule has 7 heteroatoms. The Labute approximate surface area is 177 Å². The van der Waals surface area contributed by atoms with Crippen molar-refractivity contribution in [3.05, 3.63) is 95.2 Å². The van der Waals surface area contributed by atoms with Crippen LogP contribution < -0.4 is 14.2 Å². The van der Waals surface area contributed by atoms with Crippen LogP contribution in [0.2, 0.25) is 0 Å². The first kappa shape index (κ1) is 18.6. The summed E-state index contributed by atoms with van der Waals surface area (Å²) in [6.45, 7) is 0.148. The molecule has 0 unspecified atom stereocenters. The second kappa shape index (κ2) is 7.79. The average Bonchev–Trinajstić information content (AvgIpc) is 3.41. The van der Waals surface area contributed by atoms with Gasteiger partial charge in [-0.15, -0.1) is 0 Å². The zero-order valence-corrected chi connectivity index (χ0v) is 16.1. The van der Waals surface area contributed by atoms with Crippen LogP contribution in [0.5, 0.6) is 17.2 Å². The maximum absolute atomic E-state index is 12.4. The highest BCUT2D eigenvalue weighted by molar-refractivity contribution is 6.13. The Bertz CT molecular complexity index is 1250. The maximum Gasteiger partial charge on any atom is 0.363 e. The first-order chi connectivity index (χ1) is 15.2. The van der Waals surface area contributed by atoms with E-state index in [0.29, 0.717) is 33.9 Å². The predicted molar refractivity (Wildman–Crippen MR) is 111 cm³/mol. The van der Waals surface area contributed by atoms with Gasteiger partial charge in [-0.2, -0.15) is 0 Å². The molecule has 152 valence electrons. The Balaban J connectivity index is 1.43. The molecule has 0 aliphatic carbocycles. The van der Waals surface area contributed by atoms with Crippen LogP contribution in [-0.4, -0.2) is 24.6 Å². The van der Waals surface area contributed by atoms with Crippen molar-refractivity contribution in [2.24, 2.45) is 4.99 Å². The molecule has 0 aromatic heterocycles. The number of para-hydroxylation sites is 1. The molecule has 0 N–H and O–H groups in total. The van der Waals surface area contributed by atoms with Crippen LogP contribution in [0.25, 0.3) is 6.08 Å². The second-order valence-corrected chi connectivity index (χ2v) is 6.70. The molecule has 7 nitrogen and oxygen atoms in total. The predicted octanol–water partition coefficient (Wildman–Crippen LogP) is 3.98. The minimum Gasteiger partial charge on any atom is -0.454 e. The molecule has 2 aliphatic rings. The summed E-state index contributed by atoms with van der Waals surface area (Å²) in [5, 5.41) is 0. The number of hydrogen-bond donors (Lipinski definition) is 0. The van der Waals surface area contributed by atoms with E-state index in [4.69, 9.17) is 18.9 Å². The molecule has 3 aromatic rings. The number of ether oxygens (including phenoxy) is 4. The number of hydrogen-bond acceptors (Lipinski definition) is 7. The van der Waals surface area contributed by atoms with Crippen LogP contribution in [0.1, 0.15) is 21.5 Å². The fourth-order valence-electron chi connectivity index (χ4n) is 3.14. The van der Waals surface area contributed by atoms with Gasteiger partial charge in [0.05, 0.1) is 5.56 Å². The number of fused-ring (bicyclic) bond motifs is 1. The molecule has 2 aliphatic heterocycles. The van der Waals surface area contributed by atoms with Gasteiger partial charge in [-0.05, 0) is 42.5 Å². The molecule has 0 radical (unpaired) electrons. The molecule has 0 saturated heterocycles. The molecule has 0 fully saturated rings. The molecule has 31 heavy (non-hydrogen) atoms. The van der Waals surface area contributed by atoms with Crippen LogP contribution in [-0.2, 0) is 9.53 Å². The number of aliphatic imine (C=N–C) groups is 1. The summed E-state index contributed by atoms with van der Waals surface area (Å²) < 4.78 is 21.5. The summed E-state index contributed by atoms with van der Waals surface area (Å²) in [5.41, 5.74) is 1.63. The number of carbonyl (C=O) groups excluding carboxylic acids is 2. The molecule has 5 rings (SSSR count). The smallest absolute Gasteiger partial charge is 0.363 e. The zero-order valence-electron chi connectivity index (χ0n) is 16.1. The number of nitrogens with zero attached hydrogens (tertiary/aromatic N) is 1. The Kier molecular flexibility index (Phi) is 4.68.